The van der Waals surface area contributed by atoms with Crippen LogP contribution in [0.15, 0.2) is 49.4 Å². The van der Waals surface area contributed by atoms with Crippen LogP contribution < -0.4 is 20.3 Å². The monoisotopic (exact) mass is 645 g/mol. The topological polar surface area (TPSA) is 115 Å². The SMILES string of the molecule is C=CC(=O)Nc1cc(Nc2nc(-c3cnn(C)c3)c3ccn(COCC[Si](C)(C)C)c3n2)c(OC)cc1N1CCC(N(C)C)CC1. The van der Waals surface area contributed by atoms with E-state index >= 15 is 0 Å². The number of aryl methyl sites for hydroxylation is 1. The quantitative estimate of drug-likeness (QED) is 0.110. The van der Waals surface area contributed by atoms with Crippen molar-refractivity contribution < 1.29 is 14.3 Å². The number of amides is 1. The number of hydrogen-bond donors (Lipinski definition) is 2. The highest BCUT2D eigenvalue weighted by Crippen LogP contribution is 2.40. The molecule has 1 aliphatic heterocycles. The van der Waals surface area contributed by atoms with Crippen LogP contribution in [0.1, 0.15) is 12.8 Å². The number of rotatable bonds is 13. The molecule has 3 aromatic heterocycles. The van der Waals surface area contributed by atoms with Gasteiger partial charge in [0.2, 0.25) is 11.9 Å². The molecule has 1 aromatic carbocycles. The third kappa shape index (κ3) is 7.77. The van der Waals surface area contributed by atoms with Crippen molar-refractivity contribution in [3.05, 3.63) is 49.4 Å². The predicted octanol–water partition coefficient (Wildman–Crippen LogP) is 5.55. The maximum Gasteiger partial charge on any atom is 0.247 e. The fraction of sp³-hybridized carbons (Fsp3) is 0.455. The lowest BCUT2D eigenvalue weighted by Crippen LogP contribution is -2.42. The second kappa shape index (κ2) is 14.1. The molecule has 0 radical (unpaired) electrons. The Morgan fingerprint density at radius 3 is 2.57 bits per heavy atom. The fourth-order valence-corrected chi connectivity index (χ4v) is 6.41. The summed E-state index contributed by atoms with van der Waals surface area (Å²) in [6.07, 6.45) is 9.04. The standard InChI is InChI=1S/C33H47N9O3Si/c1-9-30(43)35-26-18-27(29(44-5)19-28(26)41-13-10-24(11-14-41)39(2)3)36-33-37-31(23-20-34-40(4)21-23)25-12-15-42(32(25)38-33)22-45-16-17-46(6,7)8/h9,12,15,18-21,24H,1,10-11,13-14,16-17,22H2,2-8H3,(H,35,43)(H,36,37,38). The Labute approximate surface area is 272 Å². The molecule has 1 saturated heterocycles. The first kappa shape index (κ1) is 33.2. The fourth-order valence-electron chi connectivity index (χ4n) is 5.65. The average molecular weight is 646 g/mol. The zero-order chi connectivity index (χ0) is 33.0. The van der Waals surface area contributed by atoms with Crippen LogP contribution >= 0.6 is 0 Å². The molecule has 4 aromatic rings. The summed E-state index contributed by atoms with van der Waals surface area (Å²) in [7, 11) is 6.55. The Hall–Kier alpha value is -4.20. The molecule has 12 nitrogen and oxygen atoms in total. The number of methoxy groups -OCH3 is 1. The second-order valence-electron chi connectivity index (χ2n) is 13.2. The van der Waals surface area contributed by atoms with E-state index in [9.17, 15) is 4.79 Å². The van der Waals surface area contributed by atoms with Crippen molar-refractivity contribution in [2.24, 2.45) is 7.05 Å². The number of anilines is 4. The number of benzene rings is 1. The van der Waals surface area contributed by atoms with Gasteiger partial charge in [0.05, 0.1) is 36.1 Å². The van der Waals surface area contributed by atoms with E-state index in [-0.39, 0.29) is 5.91 Å². The lowest BCUT2D eigenvalue weighted by Gasteiger charge is -2.37. The predicted molar refractivity (Wildman–Crippen MR) is 188 cm³/mol. The van der Waals surface area contributed by atoms with Crippen LogP contribution in [0.2, 0.25) is 25.7 Å². The zero-order valence-corrected chi connectivity index (χ0v) is 29.1. The number of fused-ring (bicyclic) bond motifs is 1. The number of aromatic nitrogens is 5. The largest absolute Gasteiger partial charge is 0.494 e. The third-order valence-corrected chi connectivity index (χ3v) is 10.1. The van der Waals surface area contributed by atoms with Gasteiger partial charge in [0.15, 0.2) is 0 Å². The van der Waals surface area contributed by atoms with E-state index in [1.807, 2.05) is 42.2 Å². The molecule has 2 N–H and O–H groups in total. The summed E-state index contributed by atoms with van der Waals surface area (Å²) in [6, 6.07) is 7.47. The highest BCUT2D eigenvalue weighted by atomic mass is 28.3. The van der Waals surface area contributed by atoms with E-state index in [1.165, 1.54) is 6.08 Å². The Bertz CT molecular complexity index is 1680. The molecule has 4 heterocycles. The smallest absolute Gasteiger partial charge is 0.247 e. The Kier molecular flexibility index (Phi) is 10.1. The van der Waals surface area contributed by atoms with Crippen molar-refractivity contribution in [1.29, 1.82) is 0 Å². The highest BCUT2D eigenvalue weighted by Gasteiger charge is 2.25. The van der Waals surface area contributed by atoms with Gasteiger partial charge in [-0.3, -0.25) is 9.48 Å². The molecule has 0 atom stereocenters. The van der Waals surface area contributed by atoms with Crippen LogP contribution in [0.5, 0.6) is 5.75 Å². The van der Waals surface area contributed by atoms with Crippen LogP contribution in [-0.2, 0) is 23.3 Å². The molecule has 13 heteroatoms. The number of nitrogens with zero attached hydrogens (tertiary/aromatic N) is 7. The van der Waals surface area contributed by atoms with Crippen molar-refractivity contribution in [1.82, 2.24) is 29.2 Å². The molecule has 1 fully saturated rings. The molecular formula is C33H47N9O3Si. The van der Waals surface area contributed by atoms with Crippen LogP contribution in [-0.4, -0.2) is 90.1 Å². The van der Waals surface area contributed by atoms with Crippen LogP contribution in [0.25, 0.3) is 22.3 Å². The zero-order valence-electron chi connectivity index (χ0n) is 28.1. The molecule has 0 spiro atoms. The van der Waals surface area contributed by atoms with E-state index in [0.29, 0.717) is 42.5 Å². The van der Waals surface area contributed by atoms with E-state index in [0.717, 1.165) is 60.0 Å². The summed E-state index contributed by atoms with van der Waals surface area (Å²) in [5.41, 5.74) is 4.54. The van der Waals surface area contributed by atoms with E-state index in [1.54, 1.807) is 18.0 Å². The van der Waals surface area contributed by atoms with Crippen molar-refractivity contribution in [2.75, 3.05) is 56.4 Å². The summed E-state index contributed by atoms with van der Waals surface area (Å²) < 4.78 is 15.7. The van der Waals surface area contributed by atoms with Crippen LogP contribution in [0, 0.1) is 0 Å². The summed E-state index contributed by atoms with van der Waals surface area (Å²) in [6.45, 7) is 13.5. The number of piperidine rings is 1. The van der Waals surface area contributed by atoms with Crippen molar-refractivity contribution in [3.63, 3.8) is 0 Å². The molecule has 0 aliphatic carbocycles. The lowest BCUT2D eigenvalue weighted by atomic mass is 10.0. The first-order valence-corrected chi connectivity index (χ1v) is 19.4. The minimum atomic E-state index is -1.21. The molecule has 1 aliphatic rings. The third-order valence-electron chi connectivity index (χ3n) is 8.37. The van der Waals surface area contributed by atoms with Gasteiger partial charge in [0.25, 0.3) is 0 Å². The summed E-state index contributed by atoms with van der Waals surface area (Å²) >= 11 is 0. The molecule has 0 saturated carbocycles. The number of carbonyl (C=O) groups excluding carboxylic acids is 1. The summed E-state index contributed by atoms with van der Waals surface area (Å²) in [5, 5.41) is 11.7. The number of hydrogen-bond acceptors (Lipinski definition) is 9. The highest BCUT2D eigenvalue weighted by molar-refractivity contribution is 6.76. The molecule has 46 heavy (non-hydrogen) atoms. The van der Waals surface area contributed by atoms with Gasteiger partial charge in [-0.15, -0.1) is 0 Å². The van der Waals surface area contributed by atoms with Gasteiger partial charge in [0.1, 0.15) is 18.1 Å². The Morgan fingerprint density at radius 2 is 1.93 bits per heavy atom. The van der Waals surface area contributed by atoms with Gasteiger partial charge in [0, 0.05) is 70.3 Å². The number of carbonyl (C=O) groups is 1. The van der Waals surface area contributed by atoms with Gasteiger partial charge >= 0.3 is 0 Å². The molecule has 246 valence electrons. The van der Waals surface area contributed by atoms with Gasteiger partial charge in [-0.1, -0.05) is 26.2 Å². The van der Waals surface area contributed by atoms with Gasteiger partial charge < -0.3 is 34.5 Å². The van der Waals surface area contributed by atoms with Gasteiger partial charge in [-0.05, 0) is 51.2 Å². The van der Waals surface area contributed by atoms with E-state index < -0.39 is 8.07 Å². The van der Waals surface area contributed by atoms with Gasteiger partial charge in [-0.25, -0.2) is 4.98 Å². The van der Waals surface area contributed by atoms with Crippen LogP contribution in [0.3, 0.4) is 0 Å². The molecule has 0 unspecified atom stereocenters. The summed E-state index contributed by atoms with van der Waals surface area (Å²) in [5.74, 6) is 0.703. The molecule has 0 bridgehead atoms. The van der Waals surface area contributed by atoms with Crippen molar-refractivity contribution in [2.45, 2.75) is 51.3 Å². The van der Waals surface area contributed by atoms with E-state index in [2.05, 4.69) is 65.8 Å². The molecule has 5 rings (SSSR count). The van der Waals surface area contributed by atoms with Crippen LogP contribution in [0.4, 0.5) is 23.0 Å². The minimum Gasteiger partial charge on any atom is -0.494 e. The Morgan fingerprint density at radius 1 is 1.17 bits per heavy atom. The molecular weight excluding hydrogens is 599 g/mol. The minimum absolute atomic E-state index is 0.288. The molecule has 1 amide bonds. The number of nitrogens with one attached hydrogen (secondary N) is 2. The number of ether oxygens (including phenoxy) is 2. The average Bonchev–Trinajstić information content (AvgIpc) is 3.64. The van der Waals surface area contributed by atoms with Gasteiger partial charge in [-0.2, -0.15) is 10.1 Å². The maximum atomic E-state index is 12.6. The lowest BCUT2D eigenvalue weighted by molar-refractivity contribution is -0.111. The van der Waals surface area contributed by atoms with Crippen molar-refractivity contribution in [3.8, 4) is 17.0 Å². The second-order valence-corrected chi connectivity index (χ2v) is 18.9. The van der Waals surface area contributed by atoms with E-state index in [4.69, 9.17) is 19.4 Å². The first-order chi connectivity index (χ1) is 22.0. The van der Waals surface area contributed by atoms with Crippen molar-refractivity contribution >= 4 is 48.0 Å². The first-order valence-electron chi connectivity index (χ1n) is 15.7. The summed E-state index contributed by atoms with van der Waals surface area (Å²) in [4.78, 5) is 27.0. The Balaban J connectivity index is 1.52. The normalized spacial score (nSPS) is 14.2. The maximum absolute atomic E-state index is 12.6.